The lowest BCUT2D eigenvalue weighted by atomic mass is 10.1. The molecule has 0 amide bonds. The number of rotatable bonds is 5. The van der Waals surface area contributed by atoms with Gasteiger partial charge in [-0.3, -0.25) is 0 Å². The van der Waals surface area contributed by atoms with Crippen molar-refractivity contribution in [2.24, 2.45) is 0 Å². The lowest BCUT2D eigenvalue weighted by Crippen LogP contribution is -2.01. The molecule has 0 unspecified atom stereocenters. The summed E-state index contributed by atoms with van der Waals surface area (Å²) in [4.78, 5) is 4.31. The molecule has 1 N–H and O–H groups in total. The number of benzene rings is 2. The molecule has 104 valence electrons. The maximum Gasteiger partial charge on any atom is 0.207 e. The molecule has 0 aliphatic rings. The summed E-state index contributed by atoms with van der Waals surface area (Å²) in [7, 11) is 0. The molecule has 2 aromatic carbocycles. The molecule has 0 spiro atoms. The molecule has 1 aromatic heterocycles. The number of anilines is 2. The Labute approximate surface area is 124 Å². The van der Waals surface area contributed by atoms with Crippen molar-refractivity contribution >= 4 is 11.6 Å². The van der Waals surface area contributed by atoms with Gasteiger partial charge in [-0.25, -0.2) is 4.98 Å². The van der Waals surface area contributed by atoms with Gasteiger partial charge in [-0.1, -0.05) is 48.5 Å². The molecule has 0 fully saturated rings. The minimum atomic E-state index is 0.741. The van der Waals surface area contributed by atoms with Gasteiger partial charge in [0.2, 0.25) is 5.95 Å². The van der Waals surface area contributed by atoms with Crippen molar-refractivity contribution in [3.05, 3.63) is 79.6 Å². The normalized spacial score (nSPS) is 10.3. The van der Waals surface area contributed by atoms with Crippen molar-refractivity contribution in [3.8, 4) is 11.1 Å². The van der Waals surface area contributed by atoms with Crippen LogP contribution in [0.1, 0.15) is 0 Å². The maximum absolute atomic E-state index is 4.31. The molecule has 3 heteroatoms. The molecule has 0 radical (unpaired) electrons. The number of hydrogen-bond acceptors (Lipinski definition) is 2. The minimum absolute atomic E-state index is 0.741. The van der Waals surface area contributed by atoms with Crippen LogP contribution >= 0.6 is 0 Å². The molecule has 0 atom stereocenters. The van der Waals surface area contributed by atoms with Crippen LogP contribution in [0.25, 0.3) is 11.1 Å². The highest BCUT2D eigenvalue weighted by Gasteiger charge is 2.02. The van der Waals surface area contributed by atoms with Gasteiger partial charge in [0, 0.05) is 24.6 Å². The molecule has 3 rings (SSSR count). The highest BCUT2D eigenvalue weighted by atomic mass is 15.2. The number of nitrogens with one attached hydrogen (secondary N) is 1. The number of hydrogen-bond donors (Lipinski definition) is 1. The summed E-state index contributed by atoms with van der Waals surface area (Å²) in [5, 5.41) is 3.32. The molecule has 21 heavy (non-hydrogen) atoms. The second-order valence-corrected chi connectivity index (χ2v) is 4.76. The Balaban J connectivity index is 1.78. The van der Waals surface area contributed by atoms with Gasteiger partial charge in [-0.05, 0) is 23.3 Å². The van der Waals surface area contributed by atoms with Gasteiger partial charge in [0.05, 0.1) is 0 Å². The van der Waals surface area contributed by atoms with E-state index in [2.05, 4.69) is 53.3 Å². The molecule has 0 bridgehead atoms. The van der Waals surface area contributed by atoms with Gasteiger partial charge < -0.3 is 9.88 Å². The summed E-state index contributed by atoms with van der Waals surface area (Å²) in [6, 6.07) is 18.7. The van der Waals surface area contributed by atoms with Crippen LogP contribution in [0.15, 0.2) is 79.6 Å². The van der Waals surface area contributed by atoms with Crippen molar-refractivity contribution in [3.63, 3.8) is 0 Å². The molecule has 0 saturated heterocycles. The van der Waals surface area contributed by atoms with Gasteiger partial charge in [-0.15, -0.1) is 6.58 Å². The Bertz CT molecular complexity index is 712. The van der Waals surface area contributed by atoms with E-state index in [0.29, 0.717) is 0 Å². The predicted octanol–water partition coefficient (Wildman–Crippen LogP) is 4.48. The summed E-state index contributed by atoms with van der Waals surface area (Å²) in [5.74, 6) is 0.822. The molecule has 0 saturated carbocycles. The fourth-order valence-corrected chi connectivity index (χ4v) is 2.23. The van der Waals surface area contributed by atoms with E-state index in [-0.39, 0.29) is 0 Å². The molecule has 3 aromatic rings. The first-order valence-electron chi connectivity index (χ1n) is 6.91. The first kappa shape index (κ1) is 13.2. The van der Waals surface area contributed by atoms with E-state index < -0.39 is 0 Å². The third-order valence-electron chi connectivity index (χ3n) is 3.29. The van der Waals surface area contributed by atoms with Crippen molar-refractivity contribution in [1.29, 1.82) is 0 Å². The third kappa shape index (κ3) is 3.03. The maximum atomic E-state index is 4.31. The van der Waals surface area contributed by atoms with E-state index >= 15 is 0 Å². The van der Waals surface area contributed by atoms with Gasteiger partial charge in [0.1, 0.15) is 0 Å². The minimum Gasteiger partial charge on any atom is -0.326 e. The lowest BCUT2D eigenvalue weighted by molar-refractivity contribution is 0.833. The van der Waals surface area contributed by atoms with Gasteiger partial charge in [0.15, 0.2) is 0 Å². The average Bonchev–Trinajstić information content (AvgIpc) is 2.96. The summed E-state index contributed by atoms with van der Waals surface area (Å²) >= 11 is 0. The Hall–Kier alpha value is -2.81. The summed E-state index contributed by atoms with van der Waals surface area (Å²) in [6.45, 7) is 4.49. The van der Waals surface area contributed by atoms with E-state index in [4.69, 9.17) is 0 Å². The fourth-order valence-electron chi connectivity index (χ4n) is 2.23. The molecular formula is C18H17N3. The fraction of sp³-hybridized carbons (Fsp3) is 0.0556. The predicted molar refractivity (Wildman–Crippen MR) is 87.6 cm³/mol. The van der Waals surface area contributed by atoms with Crippen molar-refractivity contribution in [1.82, 2.24) is 9.55 Å². The number of allylic oxidation sites excluding steroid dienone is 1. The monoisotopic (exact) mass is 275 g/mol. The Kier molecular flexibility index (Phi) is 3.83. The van der Waals surface area contributed by atoms with E-state index in [1.54, 1.807) is 6.20 Å². The smallest absolute Gasteiger partial charge is 0.207 e. The largest absolute Gasteiger partial charge is 0.326 e. The van der Waals surface area contributed by atoms with E-state index in [1.165, 1.54) is 11.1 Å². The van der Waals surface area contributed by atoms with E-state index in [1.807, 2.05) is 35.0 Å². The first-order chi connectivity index (χ1) is 10.4. The average molecular weight is 275 g/mol. The molecule has 1 heterocycles. The molecule has 0 aliphatic carbocycles. The second-order valence-electron chi connectivity index (χ2n) is 4.76. The highest BCUT2D eigenvalue weighted by Crippen LogP contribution is 2.22. The van der Waals surface area contributed by atoms with Crippen LogP contribution in [-0.2, 0) is 6.54 Å². The van der Waals surface area contributed by atoms with Crippen LogP contribution in [0.4, 0.5) is 11.6 Å². The first-order valence-corrected chi connectivity index (χ1v) is 6.91. The van der Waals surface area contributed by atoms with Gasteiger partial charge in [-0.2, -0.15) is 0 Å². The quantitative estimate of drug-likeness (QED) is 0.696. The van der Waals surface area contributed by atoms with E-state index in [9.17, 15) is 0 Å². The Morgan fingerprint density at radius 1 is 1.00 bits per heavy atom. The van der Waals surface area contributed by atoms with Crippen LogP contribution in [-0.4, -0.2) is 9.55 Å². The van der Waals surface area contributed by atoms with Gasteiger partial charge >= 0.3 is 0 Å². The van der Waals surface area contributed by atoms with Crippen LogP contribution in [0, 0.1) is 0 Å². The lowest BCUT2D eigenvalue weighted by Gasteiger charge is -2.09. The van der Waals surface area contributed by atoms with Crippen LogP contribution in [0.2, 0.25) is 0 Å². The molecular weight excluding hydrogens is 258 g/mol. The van der Waals surface area contributed by atoms with Crippen molar-refractivity contribution in [2.75, 3.05) is 5.32 Å². The summed E-state index contributed by atoms with van der Waals surface area (Å²) in [6.07, 6.45) is 5.57. The number of nitrogens with zero attached hydrogens (tertiary/aromatic N) is 2. The second kappa shape index (κ2) is 6.09. The third-order valence-corrected chi connectivity index (χ3v) is 3.29. The summed E-state index contributed by atoms with van der Waals surface area (Å²) < 4.78 is 2.01. The topological polar surface area (TPSA) is 29.9 Å². The van der Waals surface area contributed by atoms with Crippen LogP contribution in [0.5, 0.6) is 0 Å². The van der Waals surface area contributed by atoms with E-state index in [0.717, 1.165) is 18.2 Å². The van der Waals surface area contributed by atoms with Crippen LogP contribution in [0.3, 0.4) is 0 Å². The Morgan fingerprint density at radius 2 is 1.71 bits per heavy atom. The summed E-state index contributed by atoms with van der Waals surface area (Å²) in [5.41, 5.74) is 3.44. The zero-order chi connectivity index (χ0) is 14.5. The van der Waals surface area contributed by atoms with Crippen LogP contribution < -0.4 is 5.32 Å². The zero-order valence-electron chi connectivity index (χ0n) is 11.7. The zero-order valence-corrected chi connectivity index (χ0v) is 11.7. The van der Waals surface area contributed by atoms with Gasteiger partial charge in [0.25, 0.3) is 0 Å². The Morgan fingerprint density at radius 3 is 2.43 bits per heavy atom. The van der Waals surface area contributed by atoms with Crippen molar-refractivity contribution in [2.45, 2.75) is 6.54 Å². The number of imidazole rings is 1. The highest BCUT2D eigenvalue weighted by molar-refractivity contribution is 5.67. The molecule has 0 aliphatic heterocycles. The van der Waals surface area contributed by atoms with Crippen molar-refractivity contribution < 1.29 is 0 Å². The standard InChI is InChI=1S/C18H17N3/c1-2-13-21-14-12-19-18(21)20-17-10-8-16(9-11-17)15-6-4-3-5-7-15/h2-12,14H,1,13H2,(H,19,20). The SMILES string of the molecule is C=CCn1ccnc1Nc1ccc(-c2ccccc2)cc1. The molecule has 3 nitrogen and oxygen atoms in total. The number of aromatic nitrogens is 2.